The van der Waals surface area contributed by atoms with Crippen LogP contribution < -0.4 is 5.32 Å². The minimum Gasteiger partial charge on any atom is -0.379 e. The van der Waals surface area contributed by atoms with Gasteiger partial charge in [-0.2, -0.15) is 4.31 Å². The maximum atomic E-state index is 14.6. The summed E-state index contributed by atoms with van der Waals surface area (Å²) in [5.74, 6) is -0.201. The van der Waals surface area contributed by atoms with Crippen molar-refractivity contribution in [1.82, 2.24) is 19.2 Å². The van der Waals surface area contributed by atoms with Gasteiger partial charge in [0.2, 0.25) is 10.0 Å². The highest BCUT2D eigenvalue weighted by molar-refractivity contribution is 7.89. The molecule has 0 aliphatic carbocycles. The van der Waals surface area contributed by atoms with Gasteiger partial charge in [0.05, 0.1) is 23.8 Å². The van der Waals surface area contributed by atoms with Crippen molar-refractivity contribution in [3.05, 3.63) is 77.1 Å². The summed E-state index contributed by atoms with van der Waals surface area (Å²) in [5, 5.41) is 2.75. The van der Waals surface area contributed by atoms with Crippen molar-refractivity contribution in [3.63, 3.8) is 0 Å². The Morgan fingerprint density at radius 3 is 2.59 bits per heavy atom. The van der Waals surface area contributed by atoms with Gasteiger partial charge in [0.25, 0.3) is 5.91 Å². The van der Waals surface area contributed by atoms with E-state index in [0.29, 0.717) is 42.3 Å². The number of hydrogen-bond donors (Lipinski definition) is 1. The van der Waals surface area contributed by atoms with E-state index in [-0.39, 0.29) is 30.1 Å². The number of benzene rings is 2. The van der Waals surface area contributed by atoms with E-state index in [1.807, 2.05) is 6.92 Å². The molecule has 0 radical (unpaired) electrons. The van der Waals surface area contributed by atoms with Crippen molar-refractivity contribution in [1.29, 1.82) is 0 Å². The van der Waals surface area contributed by atoms with Gasteiger partial charge >= 0.3 is 0 Å². The maximum Gasteiger partial charge on any atom is 0.251 e. The van der Waals surface area contributed by atoms with Crippen LogP contribution >= 0.6 is 0 Å². The number of carbonyl (C=O) groups excluding carboxylic acids is 1. The molecule has 0 unspecified atom stereocenters. The first-order valence-corrected chi connectivity index (χ1v) is 12.5. The normalized spacial score (nSPS) is 14.8. The fraction of sp³-hybridized carbons (Fsp3) is 0.333. The number of aromatic nitrogens is 2. The standard InChI is InChI=1S/C24H27FN4O4S/c1-3-19-5-6-20(15-23(19)34(31,32)28-10-12-33-13-11-28)24(30)27-16-18-4-7-22(21(25)14-18)29-9-8-26-17(29)2/h4-9,14-15H,3,10-13,16H2,1-2H3,(H,27,30). The minimum absolute atomic E-state index is 0.0972. The molecule has 1 aromatic heterocycles. The predicted molar refractivity (Wildman–Crippen MR) is 125 cm³/mol. The van der Waals surface area contributed by atoms with Gasteiger partial charge in [-0.1, -0.05) is 19.1 Å². The number of nitrogens with one attached hydrogen (secondary N) is 1. The summed E-state index contributed by atoms with van der Waals surface area (Å²) in [7, 11) is -3.75. The van der Waals surface area contributed by atoms with Crippen LogP contribution in [0.25, 0.3) is 5.69 Å². The molecule has 1 aliphatic heterocycles. The third-order valence-corrected chi connectivity index (χ3v) is 7.83. The first-order valence-electron chi connectivity index (χ1n) is 11.1. The van der Waals surface area contributed by atoms with Gasteiger partial charge in [-0.05, 0) is 48.7 Å². The Morgan fingerprint density at radius 1 is 1.18 bits per heavy atom. The van der Waals surface area contributed by atoms with Gasteiger partial charge in [0.15, 0.2) is 0 Å². The lowest BCUT2D eigenvalue weighted by molar-refractivity contribution is 0.0730. The summed E-state index contributed by atoms with van der Waals surface area (Å²) in [6, 6.07) is 9.43. The van der Waals surface area contributed by atoms with Gasteiger partial charge < -0.3 is 14.6 Å². The fourth-order valence-electron chi connectivity index (χ4n) is 3.93. The molecule has 0 bridgehead atoms. The van der Waals surface area contributed by atoms with E-state index in [4.69, 9.17) is 4.74 Å². The first kappa shape index (κ1) is 24.1. The summed E-state index contributed by atoms with van der Waals surface area (Å²) in [6.45, 7) is 5.00. The quantitative estimate of drug-likeness (QED) is 0.554. The third-order valence-electron chi connectivity index (χ3n) is 5.85. The van der Waals surface area contributed by atoms with Crippen LogP contribution in [0.1, 0.15) is 34.2 Å². The van der Waals surface area contributed by atoms with Crippen LogP contribution in [0.5, 0.6) is 0 Å². The van der Waals surface area contributed by atoms with Crippen molar-refractivity contribution in [2.45, 2.75) is 31.7 Å². The SMILES string of the molecule is CCc1ccc(C(=O)NCc2ccc(-n3ccnc3C)c(F)c2)cc1S(=O)(=O)N1CCOCC1. The van der Waals surface area contributed by atoms with Gasteiger partial charge in [-0.25, -0.2) is 17.8 Å². The number of aryl methyl sites for hydroxylation is 2. The lowest BCUT2D eigenvalue weighted by Crippen LogP contribution is -2.41. The Bertz CT molecular complexity index is 1300. The summed E-state index contributed by atoms with van der Waals surface area (Å²) in [5.41, 5.74) is 1.84. The molecular formula is C24H27FN4O4S. The summed E-state index contributed by atoms with van der Waals surface area (Å²) in [4.78, 5) is 17.0. The molecule has 8 nitrogen and oxygen atoms in total. The second kappa shape index (κ2) is 10.0. The second-order valence-corrected chi connectivity index (χ2v) is 9.91. The van der Waals surface area contributed by atoms with Crippen molar-refractivity contribution in [2.24, 2.45) is 0 Å². The van der Waals surface area contributed by atoms with E-state index >= 15 is 0 Å². The summed E-state index contributed by atoms with van der Waals surface area (Å²) in [6.07, 6.45) is 3.79. The predicted octanol–water partition coefficient (Wildman–Crippen LogP) is 2.83. The molecule has 10 heteroatoms. The third kappa shape index (κ3) is 4.89. The molecule has 0 saturated carbocycles. The van der Waals surface area contributed by atoms with Crippen LogP contribution in [0.4, 0.5) is 4.39 Å². The molecule has 1 N–H and O–H groups in total. The van der Waals surface area contributed by atoms with E-state index in [0.717, 1.165) is 0 Å². The molecule has 0 spiro atoms. The number of amides is 1. The van der Waals surface area contributed by atoms with Crippen LogP contribution in [0.3, 0.4) is 0 Å². The zero-order valence-corrected chi connectivity index (χ0v) is 19.9. The van der Waals surface area contributed by atoms with Gasteiger partial charge in [0, 0.05) is 37.6 Å². The van der Waals surface area contributed by atoms with Crippen LogP contribution in [-0.2, 0) is 27.7 Å². The Hall–Kier alpha value is -3.08. The largest absolute Gasteiger partial charge is 0.379 e. The highest BCUT2D eigenvalue weighted by Crippen LogP contribution is 2.24. The number of nitrogens with zero attached hydrogens (tertiary/aromatic N) is 3. The van der Waals surface area contributed by atoms with Crippen molar-refractivity contribution in [3.8, 4) is 5.69 Å². The molecule has 1 amide bonds. The van der Waals surface area contributed by atoms with Gasteiger partial charge in [-0.3, -0.25) is 4.79 Å². The number of sulfonamides is 1. The molecule has 1 saturated heterocycles. The van der Waals surface area contributed by atoms with E-state index in [2.05, 4.69) is 10.3 Å². The smallest absolute Gasteiger partial charge is 0.251 e. The molecule has 4 rings (SSSR count). The maximum absolute atomic E-state index is 14.6. The highest BCUT2D eigenvalue weighted by atomic mass is 32.2. The zero-order valence-electron chi connectivity index (χ0n) is 19.1. The number of imidazole rings is 1. The van der Waals surface area contributed by atoms with Crippen molar-refractivity contribution < 1.29 is 22.3 Å². The molecule has 2 aromatic carbocycles. The topological polar surface area (TPSA) is 93.5 Å². The first-order chi connectivity index (χ1) is 16.3. The molecule has 3 aromatic rings. The Balaban J connectivity index is 1.51. The molecule has 34 heavy (non-hydrogen) atoms. The average Bonchev–Trinajstić information content (AvgIpc) is 3.28. The van der Waals surface area contributed by atoms with Crippen LogP contribution in [0.15, 0.2) is 53.7 Å². The highest BCUT2D eigenvalue weighted by Gasteiger charge is 2.29. The molecule has 180 valence electrons. The number of ether oxygens (including phenoxy) is 1. The number of rotatable bonds is 7. The fourth-order valence-corrected chi connectivity index (χ4v) is 5.65. The van der Waals surface area contributed by atoms with Crippen molar-refractivity contribution >= 4 is 15.9 Å². The zero-order chi connectivity index (χ0) is 24.3. The molecular weight excluding hydrogens is 459 g/mol. The van der Waals surface area contributed by atoms with Crippen LogP contribution in [0.2, 0.25) is 0 Å². The number of morpholine rings is 1. The molecule has 2 heterocycles. The summed E-state index contributed by atoms with van der Waals surface area (Å²) < 4.78 is 49.3. The number of halogens is 1. The monoisotopic (exact) mass is 486 g/mol. The minimum atomic E-state index is -3.75. The Labute approximate surface area is 198 Å². The Kier molecular flexibility index (Phi) is 7.11. The lowest BCUT2D eigenvalue weighted by atomic mass is 10.1. The van der Waals surface area contributed by atoms with Gasteiger partial charge in [0.1, 0.15) is 11.6 Å². The molecule has 0 atom stereocenters. The van der Waals surface area contributed by atoms with Crippen LogP contribution in [0, 0.1) is 12.7 Å². The van der Waals surface area contributed by atoms with Crippen molar-refractivity contribution in [2.75, 3.05) is 26.3 Å². The summed E-state index contributed by atoms with van der Waals surface area (Å²) >= 11 is 0. The lowest BCUT2D eigenvalue weighted by Gasteiger charge is -2.27. The van der Waals surface area contributed by atoms with Crippen LogP contribution in [-0.4, -0.2) is 54.5 Å². The molecule has 1 aliphatic rings. The van der Waals surface area contributed by atoms with Gasteiger partial charge in [-0.15, -0.1) is 0 Å². The van der Waals surface area contributed by atoms with E-state index in [1.54, 1.807) is 48.1 Å². The van der Waals surface area contributed by atoms with E-state index in [9.17, 15) is 17.6 Å². The number of carbonyl (C=O) groups is 1. The molecule has 1 fully saturated rings. The van der Waals surface area contributed by atoms with E-state index in [1.165, 1.54) is 16.4 Å². The average molecular weight is 487 g/mol. The van der Waals surface area contributed by atoms with E-state index < -0.39 is 21.7 Å². The number of hydrogen-bond acceptors (Lipinski definition) is 5. The Morgan fingerprint density at radius 2 is 1.94 bits per heavy atom. The second-order valence-electron chi connectivity index (χ2n) is 8.01.